The second kappa shape index (κ2) is 7.04. The quantitative estimate of drug-likeness (QED) is 0.554. The van der Waals surface area contributed by atoms with Crippen molar-refractivity contribution >= 4 is 34.4 Å². The summed E-state index contributed by atoms with van der Waals surface area (Å²) < 4.78 is 3.44. The van der Waals surface area contributed by atoms with Crippen LogP contribution < -0.4 is 4.72 Å². The number of nitrogens with one attached hydrogen (secondary N) is 1. The molecular weight excluding hydrogens is 342 g/mol. The van der Waals surface area contributed by atoms with Crippen molar-refractivity contribution in [3.05, 3.63) is 65.7 Å². The van der Waals surface area contributed by atoms with Gasteiger partial charge < -0.3 is 9.83 Å². The molecule has 4 heteroatoms. The maximum Gasteiger partial charge on any atom is 0.307 e. The maximum absolute atomic E-state index is 11.5. The second-order valence-corrected chi connectivity index (χ2v) is 7.95. The normalized spacial score (nSPS) is 13.7. The van der Waals surface area contributed by atoms with Gasteiger partial charge in [0.05, 0.1) is 6.42 Å². The van der Waals surface area contributed by atoms with Crippen molar-refractivity contribution in [2.45, 2.75) is 31.4 Å². The van der Waals surface area contributed by atoms with E-state index in [2.05, 4.69) is 41.1 Å². The number of aryl methyl sites for hydroxylation is 1. The molecule has 0 saturated heterocycles. The third-order valence-corrected chi connectivity index (χ3v) is 5.89. The van der Waals surface area contributed by atoms with E-state index in [1.165, 1.54) is 12.8 Å². The van der Waals surface area contributed by atoms with Gasteiger partial charge in [0.15, 0.2) is 0 Å². The molecule has 0 heterocycles. The average Bonchev–Trinajstić information content (AvgIpc) is 3.45. The highest BCUT2D eigenvalue weighted by atomic mass is 32.2. The minimum Gasteiger partial charge on any atom is -0.481 e. The number of carboxylic acid groups (broad SMARTS) is 1. The van der Waals surface area contributed by atoms with E-state index < -0.39 is 5.97 Å². The van der Waals surface area contributed by atoms with E-state index in [1.54, 1.807) is 11.9 Å². The molecule has 0 aliphatic heterocycles. The molecular formula is C22H21NO2S. The fraction of sp³-hybridized carbons (Fsp3) is 0.227. The highest BCUT2D eigenvalue weighted by molar-refractivity contribution is 8.01. The van der Waals surface area contributed by atoms with Gasteiger partial charge in [0, 0.05) is 10.9 Å². The van der Waals surface area contributed by atoms with Crippen LogP contribution in [0.2, 0.25) is 0 Å². The molecule has 0 aromatic heterocycles. The summed E-state index contributed by atoms with van der Waals surface area (Å²) in [5, 5.41) is 12.4. The van der Waals surface area contributed by atoms with E-state index >= 15 is 0 Å². The molecule has 3 nitrogen and oxygen atoms in total. The Bertz CT molecular complexity index is 979. The first-order valence-corrected chi connectivity index (χ1v) is 9.75. The van der Waals surface area contributed by atoms with Gasteiger partial charge in [-0.3, -0.25) is 4.79 Å². The second-order valence-electron chi connectivity index (χ2n) is 6.84. The van der Waals surface area contributed by atoms with Crippen LogP contribution in [0.15, 0.2) is 54.6 Å². The van der Waals surface area contributed by atoms with Crippen molar-refractivity contribution < 1.29 is 9.90 Å². The zero-order chi connectivity index (χ0) is 18.1. The number of carbonyl (C=O) groups is 1. The Hall–Kier alpha value is -2.46. The molecule has 132 valence electrons. The summed E-state index contributed by atoms with van der Waals surface area (Å²) in [7, 11) is 0. The zero-order valence-corrected chi connectivity index (χ0v) is 15.5. The van der Waals surface area contributed by atoms with Crippen LogP contribution >= 0.6 is 11.9 Å². The monoisotopic (exact) mass is 363 g/mol. The number of hydrogen-bond donors (Lipinski definition) is 2. The Morgan fingerprint density at radius 3 is 2.73 bits per heavy atom. The predicted octanol–water partition coefficient (Wildman–Crippen LogP) is 5.66. The lowest BCUT2D eigenvalue weighted by Gasteiger charge is -2.16. The van der Waals surface area contributed by atoms with Gasteiger partial charge in [0.2, 0.25) is 0 Å². The summed E-state index contributed by atoms with van der Waals surface area (Å²) in [6.45, 7) is 2.00. The third-order valence-electron chi connectivity index (χ3n) is 4.73. The van der Waals surface area contributed by atoms with Gasteiger partial charge in [-0.25, -0.2) is 0 Å². The van der Waals surface area contributed by atoms with Crippen molar-refractivity contribution in [2.75, 3.05) is 4.72 Å². The van der Waals surface area contributed by atoms with Gasteiger partial charge in [-0.05, 0) is 76.9 Å². The highest BCUT2D eigenvalue weighted by Crippen LogP contribution is 2.38. The Balaban J connectivity index is 1.85. The topological polar surface area (TPSA) is 49.3 Å². The third kappa shape index (κ3) is 3.56. The van der Waals surface area contributed by atoms with Crippen LogP contribution in [0.25, 0.3) is 21.9 Å². The molecule has 0 amide bonds. The average molecular weight is 363 g/mol. The Morgan fingerprint density at radius 1 is 1.15 bits per heavy atom. The fourth-order valence-electron chi connectivity index (χ4n) is 3.31. The summed E-state index contributed by atoms with van der Waals surface area (Å²) in [6, 6.07) is 18.6. The number of hydrogen-bond acceptors (Lipinski definition) is 3. The first kappa shape index (κ1) is 17.0. The van der Waals surface area contributed by atoms with E-state index in [0.717, 1.165) is 44.0 Å². The molecule has 2 N–H and O–H groups in total. The number of aliphatic carboxylic acids is 1. The molecule has 0 atom stereocenters. The molecule has 1 aliphatic rings. The minimum absolute atomic E-state index is 0.0283. The number of benzene rings is 3. The lowest BCUT2D eigenvalue weighted by molar-refractivity contribution is -0.136. The first-order chi connectivity index (χ1) is 12.6. The summed E-state index contributed by atoms with van der Waals surface area (Å²) >= 11 is 1.78. The number of carboxylic acids is 1. The predicted molar refractivity (Wildman–Crippen MR) is 110 cm³/mol. The molecule has 1 aliphatic carbocycles. The number of anilines is 1. The standard InChI is InChI=1S/C22H21NO2S/c1-14-11-15-5-2-3-8-19(15)22(20(14)13-21(24)25)16-6-4-7-17(12-16)23-26-18-9-10-18/h2-8,11-12,18,23H,9-10,13H2,1H3,(H,24,25). The van der Waals surface area contributed by atoms with Crippen LogP contribution in [0, 0.1) is 6.92 Å². The van der Waals surface area contributed by atoms with E-state index in [1.807, 2.05) is 25.1 Å². The number of rotatable bonds is 6. The zero-order valence-electron chi connectivity index (χ0n) is 14.7. The van der Waals surface area contributed by atoms with Crippen molar-refractivity contribution in [2.24, 2.45) is 0 Å². The molecule has 1 saturated carbocycles. The molecule has 4 rings (SSSR count). The van der Waals surface area contributed by atoms with Gasteiger partial charge in [-0.15, -0.1) is 0 Å². The summed E-state index contributed by atoms with van der Waals surface area (Å²) in [4.78, 5) is 11.5. The minimum atomic E-state index is -0.803. The van der Waals surface area contributed by atoms with E-state index in [4.69, 9.17) is 0 Å². The smallest absolute Gasteiger partial charge is 0.307 e. The highest BCUT2D eigenvalue weighted by Gasteiger charge is 2.22. The van der Waals surface area contributed by atoms with Crippen molar-refractivity contribution in [1.82, 2.24) is 0 Å². The summed E-state index contributed by atoms with van der Waals surface area (Å²) in [5.41, 5.74) is 5.06. The molecule has 3 aromatic rings. The van der Waals surface area contributed by atoms with Crippen molar-refractivity contribution in [1.29, 1.82) is 0 Å². The largest absolute Gasteiger partial charge is 0.481 e. The molecule has 0 bridgehead atoms. The van der Waals surface area contributed by atoms with Gasteiger partial charge in [0.25, 0.3) is 0 Å². The van der Waals surface area contributed by atoms with Gasteiger partial charge in [0.1, 0.15) is 0 Å². The van der Waals surface area contributed by atoms with Gasteiger partial charge in [-0.1, -0.05) is 42.5 Å². The molecule has 1 fully saturated rings. The summed E-state index contributed by atoms with van der Waals surface area (Å²) in [6.07, 6.45) is 2.59. The molecule has 3 aromatic carbocycles. The van der Waals surface area contributed by atoms with E-state index in [9.17, 15) is 9.90 Å². The van der Waals surface area contributed by atoms with Crippen LogP contribution in [-0.4, -0.2) is 16.3 Å². The molecule has 0 unspecified atom stereocenters. The summed E-state index contributed by atoms with van der Waals surface area (Å²) in [5.74, 6) is -0.803. The lowest BCUT2D eigenvalue weighted by atomic mass is 9.88. The number of fused-ring (bicyclic) bond motifs is 1. The van der Waals surface area contributed by atoms with E-state index in [-0.39, 0.29) is 6.42 Å². The van der Waals surface area contributed by atoms with Crippen LogP contribution in [0.4, 0.5) is 5.69 Å². The van der Waals surface area contributed by atoms with Crippen LogP contribution in [-0.2, 0) is 11.2 Å². The Labute approximate surface area is 157 Å². The van der Waals surface area contributed by atoms with E-state index in [0.29, 0.717) is 0 Å². The van der Waals surface area contributed by atoms with Crippen molar-refractivity contribution in [3.8, 4) is 11.1 Å². The molecule has 0 spiro atoms. The van der Waals surface area contributed by atoms with Crippen LogP contribution in [0.5, 0.6) is 0 Å². The first-order valence-electron chi connectivity index (χ1n) is 8.87. The Kier molecular flexibility index (Phi) is 4.60. The lowest BCUT2D eigenvalue weighted by Crippen LogP contribution is -2.05. The maximum atomic E-state index is 11.5. The molecule has 26 heavy (non-hydrogen) atoms. The van der Waals surface area contributed by atoms with Crippen molar-refractivity contribution in [3.63, 3.8) is 0 Å². The van der Waals surface area contributed by atoms with Crippen LogP contribution in [0.1, 0.15) is 24.0 Å². The fourth-order valence-corrected chi connectivity index (χ4v) is 4.12. The van der Waals surface area contributed by atoms with Gasteiger partial charge in [-0.2, -0.15) is 0 Å². The SMILES string of the molecule is Cc1cc2ccccc2c(-c2cccc(NSC3CC3)c2)c1CC(=O)O. The van der Waals surface area contributed by atoms with Gasteiger partial charge >= 0.3 is 5.97 Å². The Morgan fingerprint density at radius 2 is 1.96 bits per heavy atom. The van der Waals surface area contributed by atoms with Crippen LogP contribution in [0.3, 0.4) is 0 Å². The molecule has 0 radical (unpaired) electrons.